The van der Waals surface area contributed by atoms with E-state index < -0.39 is 11.7 Å². The molecule has 7 nitrogen and oxygen atoms in total. The molecule has 0 radical (unpaired) electrons. The maximum absolute atomic E-state index is 13.4. The van der Waals surface area contributed by atoms with Crippen LogP contribution >= 0.6 is 11.6 Å². The molecule has 1 saturated heterocycles. The van der Waals surface area contributed by atoms with Gasteiger partial charge in [-0.3, -0.25) is 4.79 Å². The molecule has 204 valence electrons. The topological polar surface area (TPSA) is 75.4 Å². The molecule has 1 fully saturated rings. The number of nitrogens with zero attached hydrogens (tertiary/aromatic N) is 5. The van der Waals surface area contributed by atoms with Crippen molar-refractivity contribution in [2.24, 2.45) is 5.92 Å². The minimum Gasteiger partial charge on any atom is -0.354 e. The molecule has 3 heterocycles. The molecule has 0 saturated carbocycles. The molecular formula is C28H27ClF3N5O2. The number of anilines is 1. The molecule has 1 amide bonds. The van der Waals surface area contributed by atoms with E-state index in [2.05, 4.69) is 10.1 Å². The zero-order valence-electron chi connectivity index (χ0n) is 21.5. The van der Waals surface area contributed by atoms with E-state index in [4.69, 9.17) is 21.1 Å². The number of rotatable bonds is 5. The van der Waals surface area contributed by atoms with Gasteiger partial charge in [0, 0.05) is 48.7 Å². The average Bonchev–Trinajstić information content (AvgIpc) is 3.16. The number of hydrogen-bond acceptors (Lipinski definition) is 6. The maximum Gasteiger partial charge on any atom is 0.416 e. The third-order valence-corrected chi connectivity index (χ3v) is 6.81. The van der Waals surface area contributed by atoms with Crippen LogP contribution in [-0.4, -0.2) is 52.1 Å². The van der Waals surface area contributed by atoms with Crippen LogP contribution in [0.1, 0.15) is 42.0 Å². The first-order valence-electron chi connectivity index (χ1n) is 12.7. The molecule has 2 aromatic carbocycles. The zero-order chi connectivity index (χ0) is 27.7. The van der Waals surface area contributed by atoms with Crippen LogP contribution in [0.15, 0.2) is 53.1 Å². The second kappa shape index (κ2) is 10.8. The van der Waals surface area contributed by atoms with E-state index >= 15 is 0 Å². The summed E-state index contributed by atoms with van der Waals surface area (Å²) >= 11 is 6.09. The first kappa shape index (κ1) is 26.9. The third-order valence-electron chi connectivity index (χ3n) is 6.57. The lowest BCUT2D eigenvalue weighted by molar-refractivity contribution is -0.137. The predicted molar refractivity (Wildman–Crippen MR) is 143 cm³/mol. The van der Waals surface area contributed by atoms with Crippen LogP contribution in [0.4, 0.5) is 19.0 Å². The summed E-state index contributed by atoms with van der Waals surface area (Å²) in [6.45, 7) is 6.12. The first-order valence-corrected chi connectivity index (χ1v) is 13.1. The number of carbonyl (C=O) groups is 1. The summed E-state index contributed by atoms with van der Waals surface area (Å²) in [5, 5.41) is 5.08. The quantitative estimate of drug-likeness (QED) is 0.278. The van der Waals surface area contributed by atoms with Crippen LogP contribution in [-0.2, 0) is 12.6 Å². The van der Waals surface area contributed by atoms with Crippen molar-refractivity contribution in [1.29, 1.82) is 0 Å². The van der Waals surface area contributed by atoms with E-state index in [1.165, 1.54) is 6.07 Å². The van der Waals surface area contributed by atoms with Gasteiger partial charge in [0.15, 0.2) is 0 Å². The highest BCUT2D eigenvalue weighted by molar-refractivity contribution is 6.30. The Morgan fingerprint density at radius 2 is 1.85 bits per heavy atom. The standard InChI is InChI=1S/C28H27ClF3N5O2/c1-17(2)14-22-33-25(36-10-5-11-37(13-12-36)27(38)19-7-4-9-21(29)16-19)23-24(35-39-26(23)34-22)18-6-3-8-20(15-18)28(30,31)32/h3-4,6-9,15-17H,5,10-14H2,1-2H3. The normalized spacial score (nSPS) is 14.7. The number of fused-ring (bicyclic) bond motifs is 1. The maximum atomic E-state index is 13.4. The zero-order valence-corrected chi connectivity index (χ0v) is 22.3. The van der Waals surface area contributed by atoms with Gasteiger partial charge in [-0.1, -0.05) is 48.8 Å². The number of amides is 1. The van der Waals surface area contributed by atoms with Gasteiger partial charge in [0.05, 0.1) is 5.56 Å². The van der Waals surface area contributed by atoms with Crippen LogP contribution < -0.4 is 4.90 Å². The molecule has 0 unspecified atom stereocenters. The van der Waals surface area contributed by atoms with Crippen LogP contribution in [0, 0.1) is 5.92 Å². The molecule has 0 N–H and O–H groups in total. The molecule has 0 aliphatic carbocycles. The van der Waals surface area contributed by atoms with Crippen LogP contribution in [0.3, 0.4) is 0 Å². The van der Waals surface area contributed by atoms with E-state index in [-0.39, 0.29) is 28.8 Å². The summed E-state index contributed by atoms with van der Waals surface area (Å²) in [6.07, 6.45) is -3.24. The summed E-state index contributed by atoms with van der Waals surface area (Å²) in [6, 6.07) is 11.8. The minimum absolute atomic E-state index is 0.109. The molecule has 11 heteroatoms. The van der Waals surface area contributed by atoms with Gasteiger partial charge >= 0.3 is 6.18 Å². The molecule has 1 aliphatic rings. The monoisotopic (exact) mass is 557 g/mol. The Kier molecular flexibility index (Phi) is 7.48. The largest absolute Gasteiger partial charge is 0.416 e. The Bertz CT molecular complexity index is 1500. The van der Waals surface area contributed by atoms with Crippen molar-refractivity contribution in [1.82, 2.24) is 20.0 Å². The lowest BCUT2D eigenvalue weighted by atomic mass is 10.1. The number of benzene rings is 2. The van der Waals surface area contributed by atoms with Gasteiger partial charge in [0.1, 0.15) is 22.7 Å². The van der Waals surface area contributed by atoms with Crippen LogP contribution in [0.2, 0.25) is 5.02 Å². The van der Waals surface area contributed by atoms with Gasteiger partial charge in [-0.2, -0.15) is 18.2 Å². The molecule has 4 aromatic rings. The smallest absolute Gasteiger partial charge is 0.354 e. The van der Waals surface area contributed by atoms with E-state index in [9.17, 15) is 18.0 Å². The number of carbonyl (C=O) groups excluding carboxylic acids is 1. The Labute approximate surface area is 228 Å². The van der Waals surface area contributed by atoms with Gasteiger partial charge in [0.25, 0.3) is 11.6 Å². The Balaban J connectivity index is 1.52. The second-order valence-electron chi connectivity index (χ2n) is 9.99. The predicted octanol–water partition coefficient (Wildman–Crippen LogP) is 6.51. The Morgan fingerprint density at radius 1 is 1.05 bits per heavy atom. The van der Waals surface area contributed by atoms with Gasteiger partial charge in [-0.25, -0.2) is 4.98 Å². The highest BCUT2D eigenvalue weighted by atomic mass is 35.5. The van der Waals surface area contributed by atoms with Crippen molar-refractivity contribution in [3.05, 3.63) is 70.5 Å². The van der Waals surface area contributed by atoms with Crippen molar-refractivity contribution < 1.29 is 22.5 Å². The van der Waals surface area contributed by atoms with Crippen LogP contribution in [0.25, 0.3) is 22.4 Å². The third kappa shape index (κ3) is 5.85. The number of halogens is 4. The number of aromatic nitrogens is 3. The van der Waals surface area contributed by atoms with Crippen molar-refractivity contribution in [3.63, 3.8) is 0 Å². The highest BCUT2D eigenvalue weighted by Gasteiger charge is 2.32. The van der Waals surface area contributed by atoms with Crippen molar-refractivity contribution in [2.75, 3.05) is 31.1 Å². The fraction of sp³-hybridized carbons (Fsp3) is 0.357. The van der Waals surface area contributed by atoms with E-state index in [0.29, 0.717) is 66.6 Å². The summed E-state index contributed by atoms with van der Waals surface area (Å²) in [5.74, 6) is 1.27. The molecule has 0 spiro atoms. The van der Waals surface area contributed by atoms with E-state index in [0.717, 1.165) is 12.1 Å². The first-order chi connectivity index (χ1) is 18.6. The van der Waals surface area contributed by atoms with Gasteiger partial charge in [-0.15, -0.1) is 0 Å². The lowest BCUT2D eigenvalue weighted by Crippen LogP contribution is -2.35. The average molecular weight is 558 g/mol. The fourth-order valence-electron chi connectivity index (χ4n) is 4.74. The Hall–Kier alpha value is -3.66. The van der Waals surface area contributed by atoms with Crippen molar-refractivity contribution >= 4 is 34.4 Å². The molecule has 5 rings (SSSR count). The van der Waals surface area contributed by atoms with Crippen molar-refractivity contribution in [2.45, 2.75) is 32.9 Å². The second-order valence-corrected chi connectivity index (χ2v) is 10.4. The van der Waals surface area contributed by atoms with Gasteiger partial charge < -0.3 is 14.3 Å². The minimum atomic E-state index is -4.50. The molecule has 2 aromatic heterocycles. The fourth-order valence-corrected chi connectivity index (χ4v) is 4.93. The van der Waals surface area contributed by atoms with Gasteiger partial charge in [0.2, 0.25) is 0 Å². The molecule has 39 heavy (non-hydrogen) atoms. The Morgan fingerprint density at radius 3 is 2.59 bits per heavy atom. The lowest BCUT2D eigenvalue weighted by Gasteiger charge is -2.24. The molecular weight excluding hydrogens is 531 g/mol. The molecule has 0 bridgehead atoms. The summed E-state index contributed by atoms with van der Waals surface area (Å²) in [5.41, 5.74) is 0.473. The van der Waals surface area contributed by atoms with Crippen molar-refractivity contribution in [3.8, 4) is 11.3 Å². The van der Waals surface area contributed by atoms with Gasteiger partial charge in [-0.05, 0) is 42.7 Å². The summed E-state index contributed by atoms with van der Waals surface area (Å²) in [4.78, 5) is 26.3. The summed E-state index contributed by atoms with van der Waals surface area (Å²) in [7, 11) is 0. The SMILES string of the molecule is CC(C)Cc1nc(N2CCCN(C(=O)c3cccc(Cl)c3)CC2)c2c(-c3cccc(C(F)(F)F)c3)noc2n1. The molecule has 1 aliphatic heterocycles. The summed E-state index contributed by atoms with van der Waals surface area (Å²) < 4.78 is 45.9. The van der Waals surface area contributed by atoms with Crippen LogP contribution in [0.5, 0.6) is 0 Å². The number of alkyl halides is 3. The molecule has 0 atom stereocenters. The number of hydrogen-bond donors (Lipinski definition) is 0. The van der Waals surface area contributed by atoms with E-state index in [1.807, 2.05) is 18.7 Å². The van der Waals surface area contributed by atoms with E-state index in [1.54, 1.807) is 35.2 Å². The highest BCUT2D eigenvalue weighted by Crippen LogP contribution is 2.37.